The first-order valence-electron chi connectivity index (χ1n) is 10.1. The van der Waals surface area contributed by atoms with Gasteiger partial charge >= 0.3 is 0 Å². The van der Waals surface area contributed by atoms with Crippen LogP contribution in [0.4, 0.5) is 0 Å². The summed E-state index contributed by atoms with van der Waals surface area (Å²) in [6.07, 6.45) is 3.50. The number of hydrogen-bond acceptors (Lipinski definition) is 4. The summed E-state index contributed by atoms with van der Waals surface area (Å²) in [4.78, 5) is 14.3. The lowest BCUT2D eigenvalue weighted by molar-refractivity contribution is -0.129. The van der Waals surface area contributed by atoms with E-state index in [2.05, 4.69) is 22.3 Å². The predicted octanol–water partition coefficient (Wildman–Crippen LogP) is 3.29. The van der Waals surface area contributed by atoms with E-state index in [1.807, 2.05) is 42.5 Å². The maximum Gasteiger partial charge on any atom is 0.222 e. The third-order valence-electron chi connectivity index (χ3n) is 5.20. The Hall–Kier alpha value is -2.53. The van der Waals surface area contributed by atoms with Crippen LogP contribution in [0.2, 0.25) is 0 Å². The lowest BCUT2D eigenvalue weighted by atomic mass is 10.1. The first kappa shape index (κ1) is 20.2. The molecule has 1 saturated heterocycles. The summed E-state index contributed by atoms with van der Waals surface area (Å²) in [6.45, 7) is 3.14. The van der Waals surface area contributed by atoms with Crippen molar-refractivity contribution in [3.8, 4) is 11.5 Å². The zero-order chi connectivity index (χ0) is 19.6. The van der Waals surface area contributed by atoms with E-state index in [9.17, 15) is 4.79 Å². The van der Waals surface area contributed by atoms with Gasteiger partial charge in [-0.05, 0) is 55.6 Å². The summed E-state index contributed by atoms with van der Waals surface area (Å²) in [7, 11) is 1.67. The van der Waals surface area contributed by atoms with Crippen molar-refractivity contribution in [2.75, 3.05) is 33.4 Å². The Bertz CT molecular complexity index is 718. The number of methoxy groups -OCH3 is 1. The molecule has 0 aromatic heterocycles. The molecule has 1 atom stereocenters. The number of carbonyl (C=O) groups is 1. The number of nitrogens with one attached hydrogen (secondary N) is 1. The monoisotopic (exact) mass is 382 g/mol. The topological polar surface area (TPSA) is 50.8 Å². The van der Waals surface area contributed by atoms with Gasteiger partial charge in [0.2, 0.25) is 5.91 Å². The number of rotatable bonds is 11. The lowest BCUT2D eigenvalue weighted by Gasteiger charge is -2.25. The summed E-state index contributed by atoms with van der Waals surface area (Å²) in [5.41, 5.74) is 1.23. The SMILES string of the molecule is COc1ccc(CCN2C(=O)CCC2CCNCCOc2ccccc2)cc1. The van der Waals surface area contributed by atoms with E-state index in [1.54, 1.807) is 7.11 Å². The number of benzene rings is 2. The normalized spacial score (nSPS) is 16.4. The molecule has 5 heteroatoms. The fourth-order valence-corrected chi connectivity index (χ4v) is 3.59. The summed E-state index contributed by atoms with van der Waals surface area (Å²) in [5, 5.41) is 3.43. The van der Waals surface area contributed by atoms with Gasteiger partial charge in [0.1, 0.15) is 18.1 Å². The highest BCUT2D eigenvalue weighted by molar-refractivity contribution is 5.78. The number of ether oxygens (including phenoxy) is 2. The number of nitrogens with zero attached hydrogens (tertiary/aromatic N) is 1. The molecule has 1 aliphatic heterocycles. The van der Waals surface area contributed by atoms with Gasteiger partial charge in [-0.15, -0.1) is 0 Å². The van der Waals surface area contributed by atoms with Crippen LogP contribution >= 0.6 is 0 Å². The maximum absolute atomic E-state index is 12.3. The Kier molecular flexibility index (Phi) is 7.73. The Morgan fingerprint density at radius 2 is 1.82 bits per heavy atom. The summed E-state index contributed by atoms with van der Waals surface area (Å²) >= 11 is 0. The van der Waals surface area contributed by atoms with E-state index < -0.39 is 0 Å². The van der Waals surface area contributed by atoms with Crippen LogP contribution in [0.15, 0.2) is 54.6 Å². The molecule has 2 aromatic carbocycles. The number of carbonyl (C=O) groups excluding carboxylic acids is 1. The van der Waals surface area contributed by atoms with Crippen molar-refractivity contribution in [1.82, 2.24) is 10.2 Å². The van der Waals surface area contributed by atoms with Gasteiger partial charge in [-0.3, -0.25) is 4.79 Å². The van der Waals surface area contributed by atoms with Crippen LogP contribution in [0.5, 0.6) is 11.5 Å². The molecule has 150 valence electrons. The summed E-state index contributed by atoms with van der Waals surface area (Å²) < 4.78 is 10.9. The highest BCUT2D eigenvalue weighted by Gasteiger charge is 2.29. The molecule has 5 nitrogen and oxygen atoms in total. The van der Waals surface area contributed by atoms with Gasteiger partial charge in [-0.25, -0.2) is 0 Å². The van der Waals surface area contributed by atoms with Crippen LogP contribution in [0.25, 0.3) is 0 Å². The van der Waals surface area contributed by atoms with Gasteiger partial charge in [-0.2, -0.15) is 0 Å². The Morgan fingerprint density at radius 3 is 2.57 bits per heavy atom. The molecule has 0 radical (unpaired) electrons. The van der Waals surface area contributed by atoms with Gasteiger partial charge < -0.3 is 19.7 Å². The molecule has 28 heavy (non-hydrogen) atoms. The van der Waals surface area contributed by atoms with Crippen molar-refractivity contribution in [2.45, 2.75) is 31.7 Å². The highest BCUT2D eigenvalue weighted by atomic mass is 16.5. The average Bonchev–Trinajstić information content (AvgIpc) is 3.09. The molecule has 0 bridgehead atoms. The van der Waals surface area contributed by atoms with Crippen molar-refractivity contribution >= 4 is 5.91 Å². The zero-order valence-electron chi connectivity index (χ0n) is 16.6. The summed E-state index contributed by atoms with van der Waals surface area (Å²) in [5.74, 6) is 2.04. The third kappa shape index (κ3) is 5.99. The fraction of sp³-hybridized carbons (Fsp3) is 0.435. The average molecular weight is 383 g/mol. The van der Waals surface area contributed by atoms with E-state index in [-0.39, 0.29) is 5.91 Å². The van der Waals surface area contributed by atoms with Gasteiger partial charge in [0.15, 0.2) is 0 Å². The minimum absolute atomic E-state index is 0.283. The maximum atomic E-state index is 12.3. The van der Waals surface area contributed by atoms with Crippen molar-refractivity contribution in [3.05, 3.63) is 60.2 Å². The second-order valence-corrected chi connectivity index (χ2v) is 7.08. The largest absolute Gasteiger partial charge is 0.497 e. The van der Waals surface area contributed by atoms with Gasteiger partial charge in [0.25, 0.3) is 0 Å². The van der Waals surface area contributed by atoms with Crippen LogP contribution in [0, 0.1) is 0 Å². The fourth-order valence-electron chi connectivity index (χ4n) is 3.59. The number of para-hydroxylation sites is 1. The molecular formula is C23H30N2O3. The molecule has 1 unspecified atom stereocenters. The quantitative estimate of drug-likeness (QED) is 0.606. The van der Waals surface area contributed by atoms with Crippen molar-refractivity contribution in [1.29, 1.82) is 0 Å². The molecule has 1 heterocycles. The Balaban J connectivity index is 1.35. The van der Waals surface area contributed by atoms with Crippen molar-refractivity contribution in [2.24, 2.45) is 0 Å². The molecule has 3 rings (SSSR count). The number of likely N-dealkylation sites (tertiary alicyclic amines) is 1. The first-order chi connectivity index (χ1) is 13.8. The Morgan fingerprint density at radius 1 is 1.04 bits per heavy atom. The molecule has 1 fully saturated rings. The molecule has 2 aromatic rings. The molecular weight excluding hydrogens is 352 g/mol. The van der Waals surface area contributed by atoms with Crippen LogP contribution in [-0.2, 0) is 11.2 Å². The minimum atomic E-state index is 0.283. The molecule has 0 aliphatic carbocycles. The van der Waals surface area contributed by atoms with Gasteiger partial charge in [0, 0.05) is 25.6 Å². The molecule has 1 amide bonds. The molecule has 1 aliphatic rings. The van der Waals surface area contributed by atoms with Gasteiger partial charge in [-0.1, -0.05) is 30.3 Å². The number of hydrogen-bond donors (Lipinski definition) is 1. The van der Waals surface area contributed by atoms with E-state index >= 15 is 0 Å². The second kappa shape index (κ2) is 10.7. The standard InChI is InChI=1S/C23H30N2O3/c1-27-21-10-7-19(8-11-21)14-17-25-20(9-12-23(25)26)13-15-24-16-18-28-22-5-3-2-4-6-22/h2-8,10-11,20,24H,9,12-18H2,1H3. The van der Waals surface area contributed by atoms with Crippen molar-refractivity contribution in [3.63, 3.8) is 0 Å². The van der Waals surface area contributed by atoms with E-state index in [4.69, 9.17) is 9.47 Å². The first-order valence-corrected chi connectivity index (χ1v) is 10.1. The van der Waals surface area contributed by atoms with Gasteiger partial charge in [0.05, 0.1) is 7.11 Å². The van der Waals surface area contributed by atoms with Crippen LogP contribution in [-0.4, -0.2) is 50.2 Å². The molecule has 1 N–H and O–H groups in total. The zero-order valence-corrected chi connectivity index (χ0v) is 16.6. The lowest BCUT2D eigenvalue weighted by Crippen LogP contribution is -2.37. The van der Waals surface area contributed by atoms with Crippen LogP contribution < -0.4 is 14.8 Å². The molecule has 0 saturated carbocycles. The van der Waals surface area contributed by atoms with Crippen molar-refractivity contribution < 1.29 is 14.3 Å². The van der Waals surface area contributed by atoms with E-state index in [0.717, 1.165) is 50.4 Å². The minimum Gasteiger partial charge on any atom is -0.497 e. The van der Waals surface area contributed by atoms with Crippen LogP contribution in [0.3, 0.4) is 0 Å². The van der Waals surface area contributed by atoms with E-state index in [1.165, 1.54) is 5.56 Å². The van der Waals surface area contributed by atoms with E-state index in [0.29, 0.717) is 19.1 Å². The smallest absolute Gasteiger partial charge is 0.222 e. The number of amides is 1. The highest BCUT2D eigenvalue weighted by Crippen LogP contribution is 2.22. The molecule has 0 spiro atoms. The summed E-state index contributed by atoms with van der Waals surface area (Å²) in [6, 6.07) is 18.3. The Labute approximate surface area is 167 Å². The second-order valence-electron chi connectivity index (χ2n) is 7.08. The van der Waals surface area contributed by atoms with Crippen LogP contribution in [0.1, 0.15) is 24.8 Å². The third-order valence-corrected chi connectivity index (χ3v) is 5.20. The predicted molar refractivity (Wildman–Crippen MR) is 111 cm³/mol.